The van der Waals surface area contributed by atoms with Crippen molar-refractivity contribution in [2.24, 2.45) is 5.92 Å². The van der Waals surface area contributed by atoms with Crippen LogP contribution in [0.1, 0.15) is 31.0 Å². The fourth-order valence-corrected chi connectivity index (χ4v) is 3.13. The molecule has 1 aliphatic rings. The first kappa shape index (κ1) is 17.6. The van der Waals surface area contributed by atoms with Gasteiger partial charge in [-0.1, -0.05) is 49.7 Å². The van der Waals surface area contributed by atoms with Gasteiger partial charge in [0.05, 0.1) is 12.5 Å². The average Bonchev–Trinajstić information content (AvgIpc) is 2.61. The van der Waals surface area contributed by atoms with Crippen LogP contribution in [0.15, 0.2) is 42.5 Å². The average molecular weight is 360 g/mol. The Morgan fingerprint density at radius 2 is 1.84 bits per heavy atom. The molecular formula is C20H22ClNO3. The summed E-state index contributed by atoms with van der Waals surface area (Å²) in [5, 5.41) is 3.73. The first-order valence-corrected chi connectivity index (χ1v) is 8.84. The van der Waals surface area contributed by atoms with Crippen LogP contribution in [0.3, 0.4) is 0 Å². The van der Waals surface area contributed by atoms with Crippen molar-refractivity contribution in [1.82, 2.24) is 5.32 Å². The largest absolute Gasteiger partial charge is 0.486 e. The van der Waals surface area contributed by atoms with E-state index in [4.69, 9.17) is 21.1 Å². The number of carbonyl (C=O) groups excluding carboxylic acids is 1. The van der Waals surface area contributed by atoms with E-state index in [1.165, 1.54) is 0 Å². The summed E-state index contributed by atoms with van der Waals surface area (Å²) in [5.41, 5.74) is 1.83. The van der Waals surface area contributed by atoms with Gasteiger partial charge in [0, 0.05) is 5.02 Å². The van der Waals surface area contributed by atoms with Crippen LogP contribution in [0.2, 0.25) is 5.02 Å². The molecule has 1 N–H and O–H groups in total. The molecule has 4 nitrogen and oxygen atoms in total. The third kappa shape index (κ3) is 4.26. The second kappa shape index (κ2) is 7.79. The summed E-state index contributed by atoms with van der Waals surface area (Å²) >= 11 is 6.15. The number of hydrogen-bond donors (Lipinski definition) is 1. The Labute approximate surface area is 153 Å². The molecule has 0 aliphatic carbocycles. The molecule has 1 atom stereocenters. The zero-order chi connectivity index (χ0) is 17.8. The molecule has 1 unspecified atom stereocenters. The van der Waals surface area contributed by atoms with E-state index < -0.39 is 0 Å². The lowest BCUT2D eigenvalue weighted by molar-refractivity contribution is -0.121. The maximum absolute atomic E-state index is 12.5. The predicted molar refractivity (Wildman–Crippen MR) is 98.3 cm³/mol. The van der Waals surface area contributed by atoms with E-state index in [-0.39, 0.29) is 24.3 Å². The van der Waals surface area contributed by atoms with Crippen LogP contribution in [0.5, 0.6) is 11.5 Å². The highest BCUT2D eigenvalue weighted by molar-refractivity contribution is 6.31. The van der Waals surface area contributed by atoms with Crippen molar-refractivity contribution in [3.63, 3.8) is 0 Å². The third-order valence-corrected chi connectivity index (χ3v) is 4.59. The molecule has 0 radical (unpaired) electrons. The Bertz CT molecular complexity index is 760. The first-order chi connectivity index (χ1) is 12.0. The second-order valence-electron chi connectivity index (χ2n) is 6.46. The Balaban J connectivity index is 1.75. The highest BCUT2D eigenvalue weighted by atomic mass is 35.5. The molecule has 1 aliphatic heterocycles. The van der Waals surface area contributed by atoms with E-state index in [1.807, 2.05) is 36.4 Å². The molecule has 3 rings (SSSR count). The Kier molecular flexibility index (Phi) is 5.49. The molecular weight excluding hydrogens is 338 g/mol. The standard InChI is InChI=1S/C20H22ClNO3/c1-13(2)20(15-7-8-17-18(11-15)25-10-9-24-17)22-19(23)12-14-5-3-4-6-16(14)21/h3-8,11,13,20H,9-10,12H2,1-2H3,(H,22,23). The number of rotatable bonds is 5. The molecule has 0 saturated heterocycles. The minimum absolute atomic E-state index is 0.0540. The summed E-state index contributed by atoms with van der Waals surface area (Å²) in [7, 11) is 0. The van der Waals surface area contributed by atoms with Gasteiger partial charge in [0.1, 0.15) is 13.2 Å². The molecule has 0 fully saturated rings. The van der Waals surface area contributed by atoms with Gasteiger partial charge in [-0.25, -0.2) is 0 Å². The molecule has 1 heterocycles. The second-order valence-corrected chi connectivity index (χ2v) is 6.87. The highest BCUT2D eigenvalue weighted by Gasteiger charge is 2.21. The summed E-state index contributed by atoms with van der Waals surface area (Å²) in [6.45, 7) is 5.27. The van der Waals surface area contributed by atoms with Gasteiger partial charge in [-0.05, 0) is 35.2 Å². The number of hydrogen-bond acceptors (Lipinski definition) is 3. The first-order valence-electron chi connectivity index (χ1n) is 8.47. The van der Waals surface area contributed by atoms with E-state index in [0.29, 0.717) is 18.2 Å². The van der Waals surface area contributed by atoms with Crippen LogP contribution in [0.4, 0.5) is 0 Å². The molecule has 5 heteroatoms. The minimum atomic E-state index is -0.106. The molecule has 2 aromatic rings. The number of carbonyl (C=O) groups is 1. The van der Waals surface area contributed by atoms with Crippen LogP contribution in [-0.2, 0) is 11.2 Å². The van der Waals surface area contributed by atoms with Gasteiger partial charge in [-0.2, -0.15) is 0 Å². The lowest BCUT2D eigenvalue weighted by Crippen LogP contribution is -2.33. The van der Waals surface area contributed by atoms with Crippen LogP contribution in [0.25, 0.3) is 0 Å². The summed E-state index contributed by atoms with van der Waals surface area (Å²) in [6, 6.07) is 13.1. The number of benzene rings is 2. The van der Waals surface area contributed by atoms with Crippen molar-refractivity contribution in [2.45, 2.75) is 26.3 Å². The van der Waals surface area contributed by atoms with Gasteiger partial charge in [-0.3, -0.25) is 4.79 Å². The number of amides is 1. The van der Waals surface area contributed by atoms with Gasteiger partial charge in [-0.15, -0.1) is 0 Å². The Morgan fingerprint density at radius 1 is 1.12 bits per heavy atom. The lowest BCUT2D eigenvalue weighted by Gasteiger charge is -2.25. The number of halogens is 1. The van der Waals surface area contributed by atoms with Crippen molar-refractivity contribution < 1.29 is 14.3 Å². The Hall–Kier alpha value is -2.20. The van der Waals surface area contributed by atoms with Crippen molar-refractivity contribution >= 4 is 17.5 Å². The van der Waals surface area contributed by atoms with Crippen molar-refractivity contribution in [3.05, 3.63) is 58.6 Å². The van der Waals surface area contributed by atoms with Gasteiger partial charge in [0.15, 0.2) is 11.5 Å². The monoisotopic (exact) mass is 359 g/mol. The maximum atomic E-state index is 12.5. The third-order valence-electron chi connectivity index (χ3n) is 4.22. The van der Waals surface area contributed by atoms with Crippen LogP contribution in [0, 0.1) is 5.92 Å². The fraction of sp³-hybridized carbons (Fsp3) is 0.350. The van der Waals surface area contributed by atoms with Gasteiger partial charge in [0.25, 0.3) is 0 Å². The van der Waals surface area contributed by atoms with Crippen molar-refractivity contribution in [3.8, 4) is 11.5 Å². The molecule has 1 amide bonds. The quantitative estimate of drug-likeness (QED) is 0.871. The zero-order valence-electron chi connectivity index (χ0n) is 14.4. The summed E-state index contributed by atoms with van der Waals surface area (Å²) in [5.74, 6) is 1.66. The van der Waals surface area contributed by atoms with Crippen molar-refractivity contribution in [2.75, 3.05) is 13.2 Å². The van der Waals surface area contributed by atoms with E-state index in [1.54, 1.807) is 6.07 Å². The van der Waals surface area contributed by atoms with Gasteiger partial charge in [0.2, 0.25) is 5.91 Å². The van der Waals surface area contributed by atoms with E-state index >= 15 is 0 Å². The molecule has 0 spiro atoms. The number of ether oxygens (including phenoxy) is 2. The van der Waals surface area contributed by atoms with Gasteiger partial charge < -0.3 is 14.8 Å². The molecule has 0 aromatic heterocycles. The van der Waals surface area contributed by atoms with Crippen LogP contribution < -0.4 is 14.8 Å². The minimum Gasteiger partial charge on any atom is -0.486 e. The van der Waals surface area contributed by atoms with Gasteiger partial charge >= 0.3 is 0 Å². The molecule has 132 valence electrons. The fourth-order valence-electron chi connectivity index (χ4n) is 2.93. The zero-order valence-corrected chi connectivity index (χ0v) is 15.2. The molecule has 0 bridgehead atoms. The lowest BCUT2D eigenvalue weighted by atomic mass is 9.95. The highest BCUT2D eigenvalue weighted by Crippen LogP contribution is 2.34. The van der Waals surface area contributed by atoms with E-state index in [2.05, 4.69) is 19.2 Å². The molecule has 2 aromatic carbocycles. The number of fused-ring (bicyclic) bond motifs is 1. The summed E-state index contributed by atoms with van der Waals surface area (Å²) in [4.78, 5) is 12.5. The molecule has 25 heavy (non-hydrogen) atoms. The van der Waals surface area contributed by atoms with Crippen molar-refractivity contribution in [1.29, 1.82) is 0 Å². The number of nitrogens with one attached hydrogen (secondary N) is 1. The topological polar surface area (TPSA) is 47.6 Å². The van der Waals surface area contributed by atoms with Crippen LogP contribution in [-0.4, -0.2) is 19.1 Å². The van der Waals surface area contributed by atoms with Crippen LogP contribution >= 0.6 is 11.6 Å². The maximum Gasteiger partial charge on any atom is 0.224 e. The van der Waals surface area contributed by atoms with E-state index in [9.17, 15) is 4.79 Å². The SMILES string of the molecule is CC(C)C(NC(=O)Cc1ccccc1Cl)c1ccc2c(c1)OCCO2. The predicted octanol–water partition coefficient (Wildman–Crippen LogP) is 4.17. The molecule has 0 saturated carbocycles. The van der Waals surface area contributed by atoms with E-state index in [0.717, 1.165) is 22.6 Å². The normalized spacial score (nSPS) is 14.2. The smallest absolute Gasteiger partial charge is 0.224 e. The summed E-state index contributed by atoms with van der Waals surface area (Å²) in [6.07, 6.45) is 0.257. The summed E-state index contributed by atoms with van der Waals surface area (Å²) < 4.78 is 11.2. The Morgan fingerprint density at radius 3 is 2.56 bits per heavy atom.